The molecule has 2 rings (SSSR count). The van der Waals surface area contributed by atoms with Crippen molar-refractivity contribution in [3.8, 4) is 0 Å². The Labute approximate surface area is 228 Å². The second-order valence-electron chi connectivity index (χ2n) is 8.49. The van der Waals surface area contributed by atoms with Crippen LogP contribution in [0.3, 0.4) is 0 Å². The lowest BCUT2D eigenvalue weighted by atomic mass is 10.1. The largest absolute Gasteiger partial charge is 0.416 e. The number of nitrogens with zero attached hydrogens (tertiary/aromatic N) is 2. The van der Waals surface area contributed by atoms with Crippen LogP contribution < -0.4 is 9.62 Å². The standard InChI is InChI=1S/C23H25Cl3F3N3O4S/c1-13(2)30-22(34)14(3)31(11-16-17(24)6-5-7-18(16)25)21(33)12-32(37(4,35)36)20-10-15(23(27,28)29)8-9-19(20)26/h5-10,13-14H,11-12H2,1-4H3,(H,30,34)/t14-/m0/s1. The van der Waals surface area contributed by atoms with Gasteiger partial charge in [0.1, 0.15) is 12.6 Å². The molecule has 0 saturated heterocycles. The molecular weight excluding hydrogens is 578 g/mol. The molecule has 1 N–H and O–H groups in total. The highest BCUT2D eigenvalue weighted by atomic mass is 35.5. The highest BCUT2D eigenvalue weighted by Crippen LogP contribution is 2.36. The first-order valence-corrected chi connectivity index (χ1v) is 13.8. The normalized spacial score (nSPS) is 12.8. The predicted octanol–water partition coefficient (Wildman–Crippen LogP) is 5.37. The molecule has 2 aromatic rings. The number of hydrogen-bond acceptors (Lipinski definition) is 4. The van der Waals surface area contributed by atoms with Gasteiger partial charge in [0.2, 0.25) is 21.8 Å². The van der Waals surface area contributed by atoms with Crippen molar-refractivity contribution in [2.45, 2.75) is 45.6 Å². The first-order valence-electron chi connectivity index (χ1n) is 10.8. The van der Waals surface area contributed by atoms with Crippen LogP contribution in [-0.4, -0.2) is 50.0 Å². The molecule has 14 heteroatoms. The van der Waals surface area contributed by atoms with E-state index < -0.39 is 51.9 Å². The number of hydrogen-bond donors (Lipinski definition) is 1. The maximum absolute atomic E-state index is 13.5. The third kappa shape index (κ3) is 8.13. The van der Waals surface area contributed by atoms with Gasteiger partial charge >= 0.3 is 6.18 Å². The van der Waals surface area contributed by atoms with Crippen LogP contribution in [0.4, 0.5) is 18.9 Å². The zero-order valence-corrected chi connectivity index (χ0v) is 23.3. The molecule has 1 atom stereocenters. The van der Waals surface area contributed by atoms with Crippen LogP contribution in [0.25, 0.3) is 0 Å². The second kappa shape index (κ2) is 12.1. The molecule has 7 nitrogen and oxygen atoms in total. The average molecular weight is 603 g/mol. The van der Waals surface area contributed by atoms with Crippen LogP contribution in [-0.2, 0) is 32.3 Å². The van der Waals surface area contributed by atoms with Crippen molar-refractivity contribution < 1.29 is 31.2 Å². The van der Waals surface area contributed by atoms with Gasteiger partial charge in [0.15, 0.2) is 0 Å². The van der Waals surface area contributed by atoms with E-state index in [0.29, 0.717) is 22.0 Å². The summed E-state index contributed by atoms with van der Waals surface area (Å²) in [4.78, 5) is 27.3. The van der Waals surface area contributed by atoms with Crippen molar-refractivity contribution in [3.05, 3.63) is 62.6 Å². The van der Waals surface area contributed by atoms with E-state index in [-0.39, 0.29) is 27.7 Å². The molecule has 0 aromatic heterocycles. The Morgan fingerprint density at radius 2 is 1.57 bits per heavy atom. The molecule has 0 heterocycles. The van der Waals surface area contributed by atoms with E-state index in [0.717, 1.165) is 17.2 Å². The van der Waals surface area contributed by atoms with Crippen molar-refractivity contribution in [2.24, 2.45) is 0 Å². The van der Waals surface area contributed by atoms with E-state index in [9.17, 15) is 31.2 Å². The number of carbonyl (C=O) groups is 2. The van der Waals surface area contributed by atoms with Crippen molar-refractivity contribution in [1.29, 1.82) is 0 Å². The summed E-state index contributed by atoms with van der Waals surface area (Å²) in [6, 6.07) is 5.36. The number of carbonyl (C=O) groups excluding carboxylic acids is 2. The minimum Gasteiger partial charge on any atom is -0.352 e. The highest BCUT2D eigenvalue weighted by molar-refractivity contribution is 7.92. The van der Waals surface area contributed by atoms with E-state index in [1.807, 2.05) is 0 Å². The maximum Gasteiger partial charge on any atom is 0.416 e. The Morgan fingerprint density at radius 3 is 2.05 bits per heavy atom. The van der Waals surface area contributed by atoms with Crippen LogP contribution >= 0.6 is 34.8 Å². The molecule has 0 fully saturated rings. The lowest BCUT2D eigenvalue weighted by molar-refractivity contribution is -0.139. The van der Waals surface area contributed by atoms with E-state index in [1.165, 1.54) is 19.1 Å². The summed E-state index contributed by atoms with van der Waals surface area (Å²) in [6.45, 7) is 3.62. The number of nitrogens with one attached hydrogen (secondary N) is 1. The summed E-state index contributed by atoms with van der Waals surface area (Å²) in [6.07, 6.45) is -4.07. The molecule has 37 heavy (non-hydrogen) atoms. The number of halogens is 6. The monoisotopic (exact) mass is 601 g/mol. The number of alkyl halides is 3. The minimum absolute atomic E-state index is 0.197. The minimum atomic E-state index is -4.79. The van der Waals surface area contributed by atoms with Gasteiger partial charge in [0.05, 0.1) is 22.5 Å². The SMILES string of the molecule is CC(C)NC(=O)[C@H](C)N(Cc1c(Cl)cccc1Cl)C(=O)CN(c1cc(C(F)(F)F)ccc1Cl)S(C)(=O)=O. The van der Waals surface area contributed by atoms with Crippen LogP contribution in [0.2, 0.25) is 15.1 Å². The molecule has 0 bridgehead atoms. The van der Waals surface area contributed by atoms with Crippen molar-refractivity contribution >= 4 is 62.3 Å². The predicted molar refractivity (Wildman–Crippen MR) is 138 cm³/mol. The lowest BCUT2D eigenvalue weighted by Crippen LogP contribution is -2.52. The zero-order chi connectivity index (χ0) is 28.3. The third-order valence-corrected chi connectivity index (χ3v) is 7.36. The Bertz CT molecular complexity index is 1250. The van der Waals surface area contributed by atoms with Crippen molar-refractivity contribution in [2.75, 3.05) is 17.1 Å². The van der Waals surface area contributed by atoms with Gasteiger partial charge in [-0.25, -0.2) is 8.42 Å². The smallest absolute Gasteiger partial charge is 0.352 e. The lowest BCUT2D eigenvalue weighted by Gasteiger charge is -2.32. The van der Waals surface area contributed by atoms with Crippen LogP contribution in [0, 0.1) is 0 Å². The summed E-state index contributed by atoms with van der Waals surface area (Å²) >= 11 is 18.6. The number of amides is 2. The molecule has 0 radical (unpaired) electrons. The quantitative estimate of drug-likeness (QED) is 0.418. The van der Waals surface area contributed by atoms with Gasteiger partial charge in [-0.1, -0.05) is 40.9 Å². The Hall–Kier alpha value is -2.21. The van der Waals surface area contributed by atoms with Gasteiger partial charge in [0, 0.05) is 28.2 Å². The summed E-state index contributed by atoms with van der Waals surface area (Å²) in [5, 5.41) is 2.74. The van der Waals surface area contributed by atoms with Crippen LogP contribution in [0.5, 0.6) is 0 Å². The molecular formula is C23H25Cl3F3N3O4S. The molecule has 0 aliphatic rings. The van der Waals surface area contributed by atoms with Gasteiger partial charge in [-0.05, 0) is 51.1 Å². The van der Waals surface area contributed by atoms with Gasteiger partial charge in [-0.2, -0.15) is 13.2 Å². The summed E-state index contributed by atoms with van der Waals surface area (Å²) < 4.78 is 65.6. The molecule has 2 amide bonds. The summed E-state index contributed by atoms with van der Waals surface area (Å²) in [7, 11) is -4.30. The topological polar surface area (TPSA) is 86.8 Å². The van der Waals surface area contributed by atoms with E-state index >= 15 is 0 Å². The van der Waals surface area contributed by atoms with Crippen molar-refractivity contribution in [3.63, 3.8) is 0 Å². The molecule has 0 unspecified atom stereocenters. The average Bonchev–Trinajstić information content (AvgIpc) is 2.75. The zero-order valence-electron chi connectivity index (χ0n) is 20.2. The molecule has 0 saturated carbocycles. The Balaban J connectivity index is 2.56. The first-order chi connectivity index (χ1) is 16.9. The fourth-order valence-corrected chi connectivity index (χ4v) is 4.96. The number of rotatable bonds is 9. The van der Waals surface area contributed by atoms with E-state index in [1.54, 1.807) is 19.9 Å². The molecule has 204 valence electrons. The molecule has 0 aliphatic carbocycles. The molecule has 0 spiro atoms. The number of sulfonamides is 1. The van der Waals surface area contributed by atoms with Gasteiger partial charge in [-0.3, -0.25) is 13.9 Å². The first kappa shape index (κ1) is 31.0. The Morgan fingerprint density at radius 1 is 1.00 bits per heavy atom. The second-order valence-corrected chi connectivity index (χ2v) is 11.6. The summed E-state index contributed by atoms with van der Waals surface area (Å²) in [5.41, 5.74) is -1.40. The van der Waals surface area contributed by atoms with Crippen LogP contribution in [0.15, 0.2) is 36.4 Å². The fourth-order valence-electron chi connectivity index (χ4n) is 3.32. The van der Waals surface area contributed by atoms with Gasteiger partial charge < -0.3 is 10.2 Å². The molecule has 0 aliphatic heterocycles. The van der Waals surface area contributed by atoms with Crippen LogP contribution in [0.1, 0.15) is 31.9 Å². The number of benzene rings is 2. The fraction of sp³-hybridized carbons (Fsp3) is 0.391. The van der Waals surface area contributed by atoms with Crippen molar-refractivity contribution in [1.82, 2.24) is 10.2 Å². The maximum atomic E-state index is 13.5. The van der Waals surface area contributed by atoms with E-state index in [2.05, 4.69) is 5.32 Å². The van der Waals surface area contributed by atoms with E-state index in [4.69, 9.17) is 34.8 Å². The number of anilines is 1. The summed E-state index contributed by atoms with van der Waals surface area (Å²) in [5.74, 6) is -1.45. The molecule has 2 aromatic carbocycles. The third-order valence-electron chi connectivity index (χ3n) is 5.21. The Kier molecular flexibility index (Phi) is 10.1. The highest BCUT2D eigenvalue weighted by Gasteiger charge is 2.35. The van der Waals surface area contributed by atoms with Gasteiger partial charge in [0.25, 0.3) is 0 Å². The van der Waals surface area contributed by atoms with Gasteiger partial charge in [-0.15, -0.1) is 0 Å².